The maximum atomic E-state index is 11.8. The largest absolute Gasteiger partial charge is 0.299 e. The highest BCUT2D eigenvalue weighted by molar-refractivity contribution is 6.09. The molecule has 2 nitrogen and oxygen atoms in total. The molecule has 2 bridgehead atoms. The molecule has 0 aromatic carbocycles. The molecule has 2 aliphatic carbocycles. The first-order chi connectivity index (χ1) is 6.06. The molecule has 0 aromatic heterocycles. The molecule has 2 fully saturated rings. The van der Waals surface area contributed by atoms with E-state index in [2.05, 4.69) is 6.58 Å². The van der Waals surface area contributed by atoms with Crippen molar-refractivity contribution in [2.24, 2.45) is 11.3 Å². The first-order valence-electron chi connectivity index (χ1n) is 4.78. The van der Waals surface area contributed by atoms with Crippen molar-refractivity contribution in [1.82, 2.24) is 0 Å². The topological polar surface area (TPSA) is 34.1 Å². The van der Waals surface area contributed by atoms with Crippen molar-refractivity contribution in [2.75, 3.05) is 0 Å². The summed E-state index contributed by atoms with van der Waals surface area (Å²) < 4.78 is 0. The Morgan fingerprint density at radius 1 is 1.62 bits per heavy atom. The predicted molar refractivity (Wildman–Crippen MR) is 49.2 cm³/mol. The lowest BCUT2D eigenvalue weighted by molar-refractivity contribution is -0.140. The number of ketones is 2. The Balaban J connectivity index is 2.41. The van der Waals surface area contributed by atoms with Crippen LogP contribution < -0.4 is 0 Å². The molecular weight excluding hydrogens is 164 g/mol. The Hall–Kier alpha value is -0.920. The zero-order valence-electron chi connectivity index (χ0n) is 7.93. The molecule has 2 rings (SSSR count). The van der Waals surface area contributed by atoms with E-state index in [1.54, 1.807) is 6.92 Å². The minimum Gasteiger partial charge on any atom is -0.299 e. The van der Waals surface area contributed by atoms with Crippen LogP contribution in [0, 0.1) is 11.3 Å². The predicted octanol–water partition coefficient (Wildman–Crippen LogP) is 1.89. The van der Waals surface area contributed by atoms with Gasteiger partial charge in [0.2, 0.25) is 0 Å². The van der Waals surface area contributed by atoms with Gasteiger partial charge in [-0.2, -0.15) is 0 Å². The first kappa shape index (κ1) is 8.67. The Kier molecular flexibility index (Phi) is 1.69. The second kappa shape index (κ2) is 2.53. The molecule has 2 aliphatic rings. The SMILES string of the molecule is C=C1CC2CCC(C(C)=O)(C1)C2=O. The number of Topliss-reactive ketones (excluding diaryl/α,β-unsaturated/α-hetero) is 2. The van der Waals surface area contributed by atoms with Crippen LogP contribution in [-0.2, 0) is 9.59 Å². The molecule has 0 aromatic rings. The summed E-state index contributed by atoms with van der Waals surface area (Å²) in [5.41, 5.74) is 0.428. The fourth-order valence-corrected chi connectivity index (χ4v) is 2.76. The van der Waals surface area contributed by atoms with Gasteiger partial charge < -0.3 is 0 Å². The maximum absolute atomic E-state index is 11.8. The van der Waals surface area contributed by atoms with Crippen LogP contribution in [0.4, 0.5) is 0 Å². The minimum atomic E-state index is -0.653. The van der Waals surface area contributed by atoms with E-state index < -0.39 is 5.41 Å². The molecular formula is C11H14O2. The average molecular weight is 178 g/mol. The first-order valence-corrected chi connectivity index (χ1v) is 4.78. The van der Waals surface area contributed by atoms with E-state index in [0.717, 1.165) is 24.8 Å². The van der Waals surface area contributed by atoms with Gasteiger partial charge in [-0.05, 0) is 32.6 Å². The summed E-state index contributed by atoms with van der Waals surface area (Å²) in [6.45, 7) is 5.45. The number of carbonyl (C=O) groups is 2. The molecule has 0 spiro atoms. The van der Waals surface area contributed by atoms with Crippen LogP contribution >= 0.6 is 0 Å². The van der Waals surface area contributed by atoms with Gasteiger partial charge >= 0.3 is 0 Å². The number of carbonyl (C=O) groups excluding carboxylic acids is 2. The quantitative estimate of drug-likeness (QED) is 0.454. The zero-order chi connectivity index (χ0) is 9.64. The van der Waals surface area contributed by atoms with Gasteiger partial charge in [0.05, 0.1) is 5.41 Å². The van der Waals surface area contributed by atoms with Crippen molar-refractivity contribution in [1.29, 1.82) is 0 Å². The Bertz CT molecular complexity index is 303. The number of fused-ring (bicyclic) bond motifs is 2. The molecule has 2 saturated carbocycles. The van der Waals surface area contributed by atoms with Crippen LogP contribution in [0.3, 0.4) is 0 Å². The van der Waals surface area contributed by atoms with Crippen molar-refractivity contribution in [2.45, 2.75) is 32.6 Å². The lowest BCUT2D eigenvalue weighted by atomic mass is 9.70. The van der Waals surface area contributed by atoms with Crippen LogP contribution in [-0.4, -0.2) is 11.6 Å². The van der Waals surface area contributed by atoms with Crippen LogP contribution in [0.15, 0.2) is 12.2 Å². The van der Waals surface area contributed by atoms with E-state index >= 15 is 0 Å². The number of allylic oxidation sites excluding steroid dienone is 1. The molecule has 2 unspecified atom stereocenters. The molecule has 0 heterocycles. The van der Waals surface area contributed by atoms with Crippen molar-refractivity contribution in [3.63, 3.8) is 0 Å². The summed E-state index contributed by atoms with van der Waals surface area (Å²) in [6.07, 6.45) is 3.06. The Morgan fingerprint density at radius 3 is 2.92 bits per heavy atom. The summed E-state index contributed by atoms with van der Waals surface area (Å²) in [7, 11) is 0. The molecule has 2 atom stereocenters. The van der Waals surface area contributed by atoms with E-state index in [1.165, 1.54) is 0 Å². The van der Waals surface area contributed by atoms with Gasteiger partial charge in [-0.25, -0.2) is 0 Å². The molecule has 13 heavy (non-hydrogen) atoms. The monoisotopic (exact) mass is 178 g/mol. The summed E-state index contributed by atoms with van der Waals surface area (Å²) in [5, 5.41) is 0. The minimum absolute atomic E-state index is 0.0425. The fraction of sp³-hybridized carbons (Fsp3) is 0.636. The van der Waals surface area contributed by atoms with E-state index in [4.69, 9.17) is 0 Å². The second-order valence-corrected chi connectivity index (χ2v) is 4.37. The van der Waals surface area contributed by atoms with Gasteiger partial charge in [0.1, 0.15) is 11.6 Å². The van der Waals surface area contributed by atoms with Crippen LogP contribution in [0.5, 0.6) is 0 Å². The normalized spacial score (nSPS) is 38.1. The van der Waals surface area contributed by atoms with Crippen LogP contribution in [0.1, 0.15) is 32.6 Å². The zero-order valence-corrected chi connectivity index (χ0v) is 7.93. The van der Waals surface area contributed by atoms with Gasteiger partial charge in [0, 0.05) is 5.92 Å². The molecule has 2 heteroatoms. The van der Waals surface area contributed by atoms with Gasteiger partial charge in [0.15, 0.2) is 0 Å². The van der Waals surface area contributed by atoms with Crippen molar-refractivity contribution in [3.05, 3.63) is 12.2 Å². The van der Waals surface area contributed by atoms with Crippen molar-refractivity contribution >= 4 is 11.6 Å². The number of hydrogen-bond donors (Lipinski definition) is 0. The molecule has 0 N–H and O–H groups in total. The van der Waals surface area contributed by atoms with E-state index in [-0.39, 0.29) is 17.5 Å². The number of rotatable bonds is 1. The van der Waals surface area contributed by atoms with Gasteiger partial charge in [-0.15, -0.1) is 0 Å². The fourth-order valence-electron chi connectivity index (χ4n) is 2.76. The Morgan fingerprint density at radius 2 is 2.31 bits per heavy atom. The summed E-state index contributed by atoms with van der Waals surface area (Å²) in [5.74, 6) is 0.332. The Labute approximate surface area is 78.0 Å². The summed E-state index contributed by atoms with van der Waals surface area (Å²) in [6, 6.07) is 0. The molecule has 70 valence electrons. The van der Waals surface area contributed by atoms with E-state index in [9.17, 15) is 9.59 Å². The van der Waals surface area contributed by atoms with Crippen LogP contribution in [0.2, 0.25) is 0 Å². The molecule has 0 amide bonds. The van der Waals surface area contributed by atoms with E-state index in [1.807, 2.05) is 0 Å². The van der Waals surface area contributed by atoms with Gasteiger partial charge in [0.25, 0.3) is 0 Å². The van der Waals surface area contributed by atoms with Gasteiger partial charge in [-0.1, -0.05) is 12.2 Å². The summed E-state index contributed by atoms with van der Waals surface area (Å²) in [4.78, 5) is 23.3. The second-order valence-electron chi connectivity index (χ2n) is 4.37. The number of hydrogen-bond acceptors (Lipinski definition) is 2. The third-order valence-electron chi connectivity index (χ3n) is 3.52. The molecule has 0 radical (unpaired) electrons. The maximum Gasteiger partial charge on any atom is 0.150 e. The highest BCUT2D eigenvalue weighted by Crippen LogP contribution is 2.50. The van der Waals surface area contributed by atoms with Crippen molar-refractivity contribution in [3.8, 4) is 0 Å². The van der Waals surface area contributed by atoms with Gasteiger partial charge in [-0.3, -0.25) is 9.59 Å². The molecule has 0 aliphatic heterocycles. The third kappa shape index (κ3) is 1.01. The lowest BCUT2D eigenvalue weighted by Gasteiger charge is -2.30. The smallest absolute Gasteiger partial charge is 0.150 e. The standard InChI is InChI=1S/C11H14O2/c1-7-5-9-3-4-11(6-7,8(2)12)10(9)13/h9H,1,3-6H2,2H3. The average Bonchev–Trinajstić information content (AvgIpc) is 2.31. The third-order valence-corrected chi connectivity index (χ3v) is 3.52. The summed E-state index contributed by atoms with van der Waals surface area (Å²) >= 11 is 0. The van der Waals surface area contributed by atoms with E-state index in [0.29, 0.717) is 6.42 Å². The van der Waals surface area contributed by atoms with Crippen LogP contribution in [0.25, 0.3) is 0 Å². The highest BCUT2D eigenvalue weighted by atomic mass is 16.2. The van der Waals surface area contributed by atoms with Crippen molar-refractivity contribution < 1.29 is 9.59 Å². The molecule has 0 saturated heterocycles. The lowest BCUT2D eigenvalue weighted by Crippen LogP contribution is -2.39. The highest BCUT2D eigenvalue weighted by Gasteiger charge is 2.53.